The molecule has 2 aliphatic rings. The Morgan fingerprint density at radius 1 is 1.03 bits per heavy atom. The lowest BCUT2D eigenvalue weighted by molar-refractivity contribution is -0.150. The summed E-state index contributed by atoms with van der Waals surface area (Å²) >= 11 is 0. The van der Waals surface area contributed by atoms with E-state index >= 15 is 0 Å². The number of hydrogen-bond acceptors (Lipinski definition) is 7. The standard InChI is InChI=1S/C21H18N2O7/c1-12(23-19(25)14-4-2-3-5-15(14)20(23)26)21(27)30-11-18(24)22-13-6-7-16-17(10-13)29-9-8-28-16/h2-7,10,12H,8-9,11H2,1H3,(H,22,24). The predicted octanol–water partition coefficient (Wildman–Crippen LogP) is 1.62. The van der Waals surface area contributed by atoms with Crippen LogP contribution in [-0.2, 0) is 14.3 Å². The Kier molecular flexibility index (Phi) is 5.09. The van der Waals surface area contributed by atoms with Crippen molar-refractivity contribution in [3.63, 3.8) is 0 Å². The van der Waals surface area contributed by atoms with Gasteiger partial charge in [0.1, 0.15) is 19.3 Å². The molecule has 0 saturated carbocycles. The molecule has 0 aliphatic carbocycles. The zero-order valence-electron chi connectivity index (χ0n) is 16.0. The van der Waals surface area contributed by atoms with Crippen molar-refractivity contribution in [2.75, 3.05) is 25.1 Å². The van der Waals surface area contributed by atoms with Crippen molar-refractivity contribution in [2.45, 2.75) is 13.0 Å². The summed E-state index contributed by atoms with van der Waals surface area (Å²) in [6, 6.07) is 10.1. The lowest BCUT2D eigenvalue weighted by atomic mass is 10.1. The maximum Gasteiger partial charge on any atom is 0.329 e. The van der Waals surface area contributed by atoms with Gasteiger partial charge in [0.05, 0.1) is 11.1 Å². The van der Waals surface area contributed by atoms with Crippen LogP contribution in [0.3, 0.4) is 0 Å². The molecular weight excluding hydrogens is 392 g/mol. The quantitative estimate of drug-likeness (QED) is 0.589. The molecule has 2 aromatic carbocycles. The van der Waals surface area contributed by atoms with Crippen molar-refractivity contribution in [3.8, 4) is 11.5 Å². The van der Waals surface area contributed by atoms with Gasteiger partial charge >= 0.3 is 5.97 Å². The molecular formula is C21H18N2O7. The first-order valence-electron chi connectivity index (χ1n) is 9.29. The van der Waals surface area contributed by atoms with Crippen molar-refractivity contribution >= 4 is 29.4 Å². The van der Waals surface area contributed by atoms with Crippen LogP contribution >= 0.6 is 0 Å². The van der Waals surface area contributed by atoms with Crippen LogP contribution in [0.2, 0.25) is 0 Å². The van der Waals surface area contributed by atoms with E-state index in [4.69, 9.17) is 14.2 Å². The summed E-state index contributed by atoms with van der Waals surface area (Å²) < 4.78 is 15.9. The van der Waals surface area contributed by atoms with Crippen LogP contribution in [0.15, 0.2) is 42.5 Å². The third-order valence-electron chi connectivity index (χ3n) is 4.73. The van der Waals surface area contributed by atoms with Crippen LogP contribution in [0.1, 0.15) is 27.6 Å². The van der Waals surface area contributed by atoms with E-state index in [9.17, 15) is 19.2 Å². The molecule has 2 aliphatic heterocycles. The minimum atomic E-state index is -1.17. The van der Waals surface area contributed by atoms with Crippen LogP contribution in [0.25, 0.3) is 0 Å². The van der Waals surface area contributed by atoms with Gasteiger partial charge in [-0.2, -0.15) is 0 Å². The third kappa shape index (κ3) is 3.57. The van der Waals surface area contributed by atoms with E-state index < -0.39 is 36.3 Å². The maximum atomic E-state index is 12.4. The first-order valence-corrected chi connectivity index (χ1v) is 9.29. The molecule has 0 saturated heterocycles. The Labute approximate surface area is 171 Å². The normalized spacial score (nSPS) is 15.4. The summed E-state index contributed by atoms with van der Waals surface area (Å²) in [5.41, 5.74) is 0.922. The minimum absolute atomic E-state index is 0.235. The van der Waals surface area contributed by atoms with Gasteiger partial charge in [0, 0.05) is 11.8 Å². The average Bonchev–Trinajstić information content (AvgIpc) is 3.02. The van der Waals surface area contributed by atoms with Gasteiger partial charge in [-0.25, -0.2) is 4.79 Å². The minimum Gasteiger partial charge on any atom is -0.486 e. The van der Waals surface area contributed by atoms with Crippen LogP contribution in [0.5, 0.6) is 11.5 Å². The number of amides is 3. The second-order valence-electron chi connectivity index (χ2n) is 6.72. The van der Waals surface area contributed by atoms with Gasteiger partial charge in [0.15, 0.2) is 18.1 Å². The highest BCUT2D eigenvalue weighted by Crippen LogP contribution is 2.32. The Morgan fingerprint density at radius 2 is 1.67 bits per heavy atom. The first kappa shape index (κ1) is 19.4. The highest BCUT2D eigenvalue weighted by molar-refractivity contribution is 6.22. The fraction of sp³-hybridized carbons (Fsp3) is 0.238. The molecule has 9 nitrogen and oxygen atoms in total. The Hall–Kier alpha value is -3.88. The van der Waals surface area contributed by atoms with Gasteiger partial charge in [0.2, 0.25) is 0 Å². The Bertz CT molecular complexity index is 1010. The molecule has 30 heavy (non-hydrogen) atoms. The molecule has 9 heteroatoms. The van der Waals surface area contributed by atoms with E-state index in [-0.39, 0.29) is 11.1 Å². The predicted molar refractivity (Wildman–Crippen MR) is 103 cm³/mol. The van der Waals surface area contributed by atoms with Crippen LogP contribution in [0, 0.1) is 0 Å². The fourth-order valence-electron chi connectivity index (χ4n) is 3.24. The molecule has 1 N–H and O–H groups in total. The molecule has 1 unspecified atom stereocenters. The fourth-order valence-corrected chi connectivity index (χ4v) is 3.24. The van der Waals surface area contributed by atoms with Gasteiger partial charge in [-0.15, -0.1) is 0 Å². The molecule has 2 aromatic rings. The number of rotatable bonds is 5. The zero-order valence-corrected chi connectivity index (χ0v) is 16.0. The van der Waals surface area contributed by atoms with Crippen LogP contribution in [-0.4, -0.2) is 54.5 Å². The molecule has 0 aromatic heterocycles. The number of fused-ring (bicyclic) bond motifs is 2. The number of hydrogen-bond donors (Lipinski definition) is 1. The molecule has 154 valence electrons. The summed E-state index contributed by atoms with van der Waals surface area (Å²) in [6.45, 7) is 1.68. The van der Waals surface area contributed by atoms with Crippen molar-refractivity contribution in [1.29, 1.82) is 0 Å². The van der Waals surface area contributed by atoms with E-state index in [1.807, 2.05) is 0 Å². The number of esters is 1. The van der Waals surface area contributed by atoms with E-state index in [0.29, 0.717) is 30.4 Å². The monoisotopic (exact) mass is 410 g/mol. The molecule has 0 radical (unpaired) electrons. The lowest BCUT2D eigenvalue weighted by Crippen LogP contribution is -2.44. The number of anilines is 1. The van der Waals surface area contributed by atoms with Crippen molar-refractivity contribution in [3.05, 3.63) is 53.6 Å². The maximum absolute atomic E-state index is 12.4. The van der Waals surface area contributed by atoms with E-state index in [1.165, 1.54) is 19.1 Å². The number of ether oxygens (including phenoxy) is 3. The number of carbonyl (C=O) groups excluding carboxylic acids is 4. The Balaban J connectivity index is 1.34. The van der Waals surface area contributed by atoms with Crippen LogP contribution < -0.4 is 14.8 Å². The highest BCUT2D eigenvalue weighted by atomic mass is 16.6. The topological polar surface area (TPSA) is 111 Å². The van der Waals surface area contributed by atoms with Gasteiger partial charge in [-0.1, -0.05) is 12.1 Å². The second kappa shape index (κ2) is 7.86. The number of nitrogens with one attached hydrogen (secondary N) is 1. The summed E-state index contributed by atoms with van der Waals surface area (Å²) in [4.78, 5) is 50.2. The molecule has 0 fully saturated rings. The first-order chi connectivity index (χ1) is 14.5. The SMILES string of the molecule is CC(C(=O)OCC(=O)Nc1ccc2c(c1)OCCO2)N1C(=O)c2ccccc2C1=O. The van der Waals surface area contributed by atoms with Crippen molar-refractivity contribution in [2.24, 2.45) is 0 Å². The number of nitrogens with zero attached hydrogens (tertiary/aromatic N) is 1. The van der Waals surface area contributed by atoms with E-state index in [2.05, 4.69) is 5.32 Å². The van der Waals surface area contributed by atoms with Gasteiger partial charge in [-0.05, 0) is 31.2 Å². The summed E-state index contributed by atoms with van der Waals surface area (Å²) in [5.74, 6) is -1.48. The molecule has 3 amide bonds. The molecule has 1 atom stereocenters. The average molecular weight is 410 g/mol. The third-order valence-corrected chi connectivity index (χ3v) is 4.73. The largest absolute Gasteiger partial charge is 0.486 e. The van der Waals surface area contributed by atoms with E-state index in [0.717, 1.165) is 4.90 Å². The summed E-state index contributed by atoms with van der Waals surface area (Å²) in [5, 5.41) is 2.59. The number of imide groups is 1. The lowest BCUT2D eigenvalue weighted by Gasteiger charge is -2.21. The zero-order chi connectivity index (χ0) is 21.3. The van der Waals surface area contributed by atoms with E-state index in [1.54, 1.807) is 30.3 Å². The highest BCUT2D eigenvalue weighted by Gasteiger charge is 2.41. The molecule has 2 heterocycles. The van der Waals surface area contributed by atoms with Crippen molar-refractivity contribution < 1.29 is 33.4 Å². The molecule has 4 rings (SSSR count). The van der Waals surface area contributed by atoms with Gasteiger partial charge < -0.3 is 19.5 Å². The van der Waals surface area contributed by atoms with Gasteiger partial charge in [0.25, 0.3) is 17.7 Å². The van der Waals surface area contributed by atoms with Crippen molar-refractivity contribution in [1.82, 2.24) is 4.90 Å². The Morgan fingerprint density at radius 3 is 2.33 bits per heavy atom. The summed E-state index contributed by atoms with van der Waals surface area (Å²) in [7, 11) is 0. The smallest absolute Gasteiger partial charge is 0.329 e. The van der Waals surface area contributed by atoms with Crippen LogP contribution in [0.4, 0.5) is 5.69 Å². The second-order valence-corrected chi connectivity index (χ2v) is 6.72. The molecule has 0 spiro atoms. The summed E-state index contributed by atoms with van der Waals surface area (Å²) in [6.07, 6.45) is 0. The van der Waals surface area contributed by atoms with Gasteiger partial charge in [-0.3, -0.25) is 19.3 Å². The number of benzene rings is 2. The molecule has 0 bridgehead atoms. The number of carbonyl (C=O) groups is 4.